The summed E-state index contributed by atoms with van der Waals surface area (Å²) in [4.78, 5) is 40.2. The molecule has 170 valence electrons. The zero-order chi connectivity index (χ0) is 22.9. The van der Waals surface area contributed by atoms with Gasteiger partial charge in [-0.3, -0.25) is 14.4 Å². The molecule has 0 unspecified atom stereocenters. The monoisotopic (exact) mass is 448 g/mol. The Morgan fingerprint density at radius 1 is 1.06 bits per heavy atom. The van der Waals surface area contributed by atoms with E-state index in [4.69, 9.17) is 15.2 Å². The molecule has 2 aliphatic rings. The number of ether oxygens (including phenoxy) is 2. The number of carbonyl (C=O) groups is 2. The molecule has 1 aliphatic carbocycles. The van der Waals surface area contributed by atoms with Crippen molar-refractivity contribution < 1.29 is 19.1 Å². The number of aromatic nitrogens is 2. The summed E-state index contributed by atoms with van der Waals surface area (Å²) in [5.41, 5.74) is 5.96. The molecule has 9 nitrogen and oxygen atoms in total. The second-order valence-electron chi connectivity index (χ2n) is 8.37. The van der Waals surface area contributed by atoms with Gasteiger partial charge >= 0.3 is 0 Å². The quantitative estimate of drug-likeness (QED) is 0.618. The molecule has 3 aromatic rings. The van der Waals surface area contributed by atoms with Gasteiger partial charge in [-0.25, -0.2) is 4.68 Å². The van der Waals surface area contributed by atoms with Gasteiger partial charge in [0, 0.05) is 18.0 Å². The third kappa shape index (κ3) is 4.02. The van der Waals surface area contributed by atoms with E-state index in [0.717, 1.165) is 35.9 Å². The zero-order valence-corrected chi connectivity index (χ0v) is 18.0. The summed E-state index contributed by atoms with van der Waals surface area (Å²) in [6, 6.07) is 12.3. The van der Waals surface area contributed by atoms with Gasteiger partial charge < -0.3 is 20.1 Å². The van der Waals surface area contributed by atoms with Crippen LogP contribution >= 0.6 is 0 Å². The van der Waals surface area contributed by atoms with Gasteiger partial charge in [0.25, 0.3) is 11.5 Å². The zero-order valence-electron chi connectivity index (χ0n) is 18.0. The van der Waals surface area contributed by atoms with Gasteiger partial charge in [-0.15, -0.1) is 0 Å². The van der Waals surface area contributed by atoms with Crippen LogP contribution < -0.4 is 20.8 Å². The largest absolute Gasteiger partial charge is 0.454 e. The first-order valence-corrected chi connectivity index (χ1v) is 11.0. The van der Waals surface area contributed by atoms with E-state index in [1.54, 1.807) is 29.2 Å². The Morgan fingerprint density at radius 2 is 1.79 bits per heavy atom. The molecule has 1 aromatic heterocycles. The maximum Gasteiger partial charge on any atom is 0.275 e. The third-order valence-electron chi connectivity index (χ3n) is 6.26. The lowest BCUT2D eigenvalue weighted by Gasteiger charge is -2.29. The third-order valence-corrected chi connectivity index (χ3v) is 6.26. The van der Waals surface area contributed by atoms with Gasteiger partial charge in [0.1, 0.15) is 6.54 Å². The molecule has 0 radical (unpaired) electrons. The van der Waals surface area contributed by atoms with Crippen LogP contribution in [0.15, 0.2) is 47.3 Å². The number of carbonyl (C=O) groups excluding carboxylic acids is 2. The number of fused-ring (bicyclic) bond motifs is 2. The lowest BCUT2D eigenvalue weighted by molar-refractivity contribution is -0.135. The number of hydrogen-bond acceptors (Lipinski definition) is 6. The molecule has 1 aliphatic heterocycles. The van der Waals surface area contributed by atoms with Crippen molar-refractivity contribution in [2.75, 3.05) is 6.79 Å². The van der Waals surface area contributed by atoms with E-state index >= 15 is 0 Å². The lowest BCUT2D eigenvalue weighted by Crippen LogP contribution is -2.42. The molecule has 2 aromatic carbocycles. The molecule has 1 fully saturated rings. The molecule has 2 N–H and O–H groups in total. The number of primary amides is 1. The van der Waals surface area contributed by atoms with E-state index in [0.29, 0.717) is 28.8 Å². The van der Waals surface area contributed by atoms with Crippen LogP contribution in [-0.4, -0.2) is 39.3 Å². The van der Waals surface area contributed by atoms with Crippen molar-refractivity contribution >= 4 is 22.6 Å². The number of nitrogens with zero attached hydrogens (tertiary/aromatic N) is 3. The van der Waals surface area contributed by atoms with Crippen LogP contribution in [0.25, 0.3) is 10.8 Å². The fourth-order valence-electron chi connectivity index (χ4n) is 4.62. The van der Waals surface area contributed by atoms with Gasteiger partial charge in [-0.1, -0.05) is 37.1 Å². The van der Waals surface area contributed by atoms with E-state index in [1.807, 2.05) is 18.2 Å². The molecular formula is C24H24N4O5. The van der Waals surface area contributed by atoms with Crippen molar-refractivity contribution in [3.8, 4) is 11.5 Å². The predicted octanol–water partition coefficient (Wildman–Crippen LogP) is 2.20. The smallest absolute Gasteiger partial charge is 0.275 e. The summed E-state index contributed by atoms with van der Waals surface area (Å²) in [5.74, 6) is 0.355. The highest BCUT2D eigenvalue weighted by atomic mass is 16.7. The predicted molar refractivity (Wildman–Crippen MR) is 120 cm³/mol. The van der Waals surface area contributed by atoms with Crippen molar-refractivity contribution in [1.29, 1.82) is 0 Å². The molecule has 33 heavy (non-hydrogen) atoms. The maximum atomic E-state index is 13.5. The number of benzene rings is 2. The van der Waals surface area contributed by atoms with Gasteiger partial charge in [0.2, 0.25) is 12.7 Å². The molecule has 0 bridgehead atoms. The van der Waals surface area contributed by atoms with E-state index in [9.17, 15) is 14.4 Å². The number of rotatable bonds is 6. The highest BCUT2D eigenvalue weighted by Crippen LogP contribution is 2.33. The molecule has 0 spiro atoms. The average molecular weight is 448 g/mol. The van der Waals surface area contributed by atoms with E-state index in [2.05, 4.69) is 5.10 Å². The minimum Gasteiger partial charge on any atom is -0.454 e. The van der Waals surface area contributed by atoms with Gasteiger partial charge in [-0.05, 0) is 36.6 Å². The van der Waals surface area contributed by atoms with Crippen LogP contribution in [0.1, 0.15) is 41.7 Å². The Morgan fingerprint density at radius 3 is 2.55 bits per heavy atom. The van der Waals surface area contributed by atoms with Gasteiger partial charge in [-0.2, -0.15) is 5.10 Å². The molecule has 5 rings (SSSR count). The molecule has 2 heterocycles. The molecule has 1 saturated carbocycles. The molecule has 2 amide bonds. The van der Waals surface area contributed by atoms with Gasteiger partial charge in [0.05, 0.1) is 5.39 Å². The molecule has 0 saturated heterocycles. The molecule has 9 heteroatoms. The van der Waals surface area contributed by atoms with E-state index in [-0.39, 0.29) is 31.0 Å². The first kappa shape index (κ1) is 21.0. The SMILES string of the molecule is NC(=O)c1nn(CC(=O)N(Cc2ccc3c(c2)OCO3)C2CCCC2)c(=O)c2ccccc12. The fourth-order valence-corrected chi connectivity index (χ4v) is 4.62. The van der Waals surface area contributed by atoms with Crippen LogP contribution in [0.3, 0.4) is 0 Å². The highest BCUT2D eigenvalue weighted by molar-refractivity contribution is 6.04. The summed E-state index contributed by atoms with van der Waals surface area (Å²) >= 11 is 0. The van der Waals surface area contributed by atoms with Crippen molar-refractivity contribution in [2.45, 2.75) is 44.8 Å². The van der Waals surface area contributed by atoms with Gasteiger partial charge in [0.15, 0.2) is 17.2 Å². The number of nitrogens with two attached hydrogens (primary N) is 1. The minimum atomic E-state index is -0.750. The lowest BCUT2D eigenvalue weighted by atomic mass is 10.1. The summed E-state index contributed by atoms with van der Waals surface area (Å²) < 4.78 is 11.9. The Hall–Kier alpha value is -3.88. The van der Waals surface area contributed by atoms with Crippen molar-refractivity contribution in [1.82, 2.24) is 14.7 Å². The van der Waals surface area contributed by atoms with E-state index < -0.39 is 11.5 Å². The van der Waals surface area contributed by atoms with Crippen LogP contribution in [0.5, 0.6) is 11.5 Å². The minimum absolute atomic E-state index is 0.0267. The standard InChI is InChI=1S/C24H24N4O5/c25-23(30)22-17-7-3-4-8-18(17)24(31)28(26-22)13-21(29)27(16-5-1-2-6-16)12-15-9-10-19-20(11-15)33-14-32-19/h3-4,7-11,16H,1-2,5-6,12-14H2,(H2,25,30). The Balaban J connectivity index is 1.46. The van der Waals surface area contributed by atoms with Crippen LogP contribution in [0.4, 0.5) is 0 Å². The average Bonchev–Trinajstić information content (AvgIpc) is 3.51. The first-order valence-electron chi connectivity index (χ1n) is 11.0. The normalized spacial score (nSPS) is 15.2. The second kappa shape index (κ2) is 8.57. The van der Waals surface area contributed by atoms with Crippen molar-refractivity contribution in [2.24, 2.45) is 5.73 Å². The van der Waals surface area contributed by atoms with Crippen LogP contribution in [0, 0.1) is 0 Å². The van der Waals surface area contributed by atoms with Crippen molar-refractivity contribution in [3.63, 3.8) is 0 Å². The number of hydrogen-bond donors (Lipinski definition) is 1. The molecular weight excluding hydrogens is 424 g/mol. The van der Waals surface area contributed by atoms with Crippen LogP contribution in [-0.2, 0) is 17.9 Å². The fraction of sp³-hybridized carbons (Fsp3) is 0.333. The summed E-state index contributed by atoms with van der Waals surface area (Å²) in [6.45, 7) is 0.291. The van der Waals surface area contributed by atoms with Crippen LogP contribution in [0.2, 0.25) is 0 Å². The Kier molecular flexibility index (Phi) is 5.45. The Labute approximate surface area is 189 Å². The molecule has 0 atom stereocenters. The van der Waals surface area contributed by atoms with E-state index in [1.165, 1.54) is 0 Å². The summed E-state index contributed by atoms with van der Waals surface area (Å²) in [5, 5.41) is 4.83. The Bertz CT molecular complexity index is 1300. The summed E-state index contributed by atoms with van der Waals surface area (Å²) in [7, 11) is 0. The van der Waals surface area contributed by atoms with Crippen molar-refractivity contribution in [3.05, 3.63) is 64.1 Å². The number of amides is 2. The summed E-state index contributed by atoms with van der Waals surface area (Å²) in [6.07, 6.45) is 3.91. The maximum absolute atomic E-state index is 13.5. The second-order valence-corrected chi connectivity index (χ2v) is 8.37. The topological polar surface area (TPSA) is 117 Å². The highest BCUT2D eigenvalue weighted by Gasteiger charge is 2.28. The first-order chi connectivity index (χ1) is 16.0.